The molecule has 4 heteroatoms. The first kappa shape index (κ1) is 13.3. The van der Waals surface area contributed by atoms with E-state index in [1.807, 2.05) is 13.8 Å². The number of hydrogen-bond acceptors (Lipinski definition) is 3. The van der Waals surface area contributed by atoms with Crippen LogP contribution in [0.3, 0.4) is 0 Å². The fraction of sp³-hybridized carbons (Fsp3) is 0.643. The number of ether oxygens (including phenoxy) is 1. The second-order valence-electron chi connectivity index (χ2n) is 5.12. The Morgan fingerprint density at radius 3 is 2.67 bits per heavy atom. The predicted octanol–water partition coefficient (Wildman–Crippen LogP) is 2.34. The lowest BCUT2D eigenvalue weighted by atomic mass is 9.88. The molecule has 0 radical (unpaired) electrons. The number of pyridine rings is 1. The van der Waals surface area contributed by atoms with Gasteiger partial charge in [-0.25, -0.2) is 4.39 Å². The molecule has 0 aromatic carbocycles. The number of hydrogen-bond donors (Lipinski definition) is 1. The van der Waals surface area contributed by atoms with Gasteiger partial charge in [-0.1, -0.05) is 0 Å². The quantitative estimate of drug-likeness (QED) is 0.896. The smallest absolute Gasteiger partial charge is 0.128 e. The van der Waals surface area contributed by atoms with Gasteiger partial charge in [0, 0.05) is 23.7 Å². The second-order valence-corrected chi connectivity index (χ2v) is 5.12. The molecular weight excluding hydrogens is 231 g/mol. The van der Waals surface area contributed by atoms with Crippen molar-refractivity contribution in [2.75, 3.05) is 20.2 Å². The van der Waals surface area contributed by atoms with E-state index in [0.29, 0.717) is 19.3 Å². The summed E-state index contributed by atoms with van der Waals surface area (Å²) in [6.07, 6.45) is 3.28. The Balaban J connectivity index is 2.23. The van der Waals surface area contributed by atoms with Crippen molar-refractivity contribution in [3.63, 3.8) is 0 Å². The molecule has 100 valence electrons. The minimum atomic E-state index is -1.12. The van der Waals surface area contributed by atoms with Gasteiger partial charge in [-0.2, -0.15) is 0 Å². The molecule has 1 aromatic rings. The third-order valence-electron chi connectivity index (χ3n) is 3.73. The Morgan fingerprint density at radius 1 is 1.39 bits per heavy atom. The highest BCUT2D eigenvalue weighted by atomic mass is 19.1. The van der Waals surface area contributed by atoms with Crippen LogP contribution in [0.15, 0.2) is 6.20 Å². The zero-order chi connectivity index (χ0) is 13.2. The largest absolute Gasteiger partial charge is 0.496 e. The first-order valence-electron chi connectivity index (χ1n) is 6.44. The fourth-order valence-corrected chi connectivity index (χ4v) is 2.60. The maximum absolute atomic E-state index is 14.7. The highest BCUT2D eigenvalue weighted by molar-refractivity contribution is 5.41. The lowest BCUT2D eigenvalue weighted by Crippen LogP contribution is -2.40. The predicted molar refractivity (Wildman–Crippen MR) is 69.9 cm³/mol. The number of aromatic nitrogens is 1. The van der Waals surface area contributed by atoms with Gasteiger partial charge in [0.25, 0.3) is 0 Å². The van der Waals surface area contributed by atoms with Gasteiger partial charge < -0.3 is 10.1 Å². The molecule has 2 heterocycles. The third kappa shape index (κ3) is 2.64. The summed E-state index contributed by atoms with van der Waals surface area (Å²) in [5.74, 6) is 0.831. The van der Waals surface area contributed by atoms with Crippen LogP contribution in [-0.2, 0) is 6.42 Å². The van der Waals surface area contributed by atoms with E-state index in [2.05, 4.69) is 10.3 Å². The van der Waals surface area contributed by atoms with Gasteiger partial charge in [-0.15, -0.1) is 0 Å². The standard InChI is InChI=1S/C14H21FN2O/c1-10-9-17-12(11(2)13(10)18-3)8-14(15)4-6-16-7-5-14/h9,16H,4-8H2,1-3H3. The second kappa shape index (κ2) is 5.22. The van der Waals surface area contributed by atoms with E-state index in [0.717, 1.165) is 35.7 Å². The molecular formula is C14H21FN2O. The minimum Gasteiger partial charge on any atom is -0.496 e. The van der Waals surface area contributed by atoms with Crippen LogP contribution in [0.25, 0.3) is 0 Å². The van der Waals surface area contributed by atoms with E-state index >= 15 is 0 Å². The lowest BCUT2D eigenvalue weighted by molar-refractivity contribution is 0.114. The summed E-state index contributed by atoms with van der Waals surface area (Å²) in [6.45, 7) is 5.41. The Hall–Kier alpha value is -1.16. The highest BCUT2D eigenvalue weighted by Crippen LogP contribution is 2.31. The normalized spacial score (nSPS) is 18.7. The lowest BCUT2D eigenvalue weighted by Gasteiger charge is -2.30. The molecule has 1 N–H and O–H groups in total. The minimum absolute atomic E-state index is 0.386. The first-order chi connectivity index (χ1) is 8.56. The number of rotatable bonds is 3. The molecule has 0 aliphatic carbocycles. The molecule has 0 atom stereocenters. The van der Waals surface area contributed by atoms with Gasteiger partial charge in [0.15, 0.2) is 0 Å². The topological polar surface area (TPSA) is 34.1 Å². The SMILES string of the molecule is COc1c(C)cnc(CC2(F)CCNCC2)c1C. The molecule has 1 aliphatic heterocycles. The number of piperidine rings is 1. The summed E-state index contributed by atoms with van der Waals surface area (Å²) in [5, 5.41) is 3.19. The van der Waals surface area contributed by atoms with Crippen LogP contribution in [0.1, 0.15) is 29.7 Å². The molecule has 0 saturated carbocycles. The van der Waals surface area contributed by atoms with E-state index in [-0.39, 0.29) is 0 Å². The van der Waals surface area contributed by atoms with Crippen molar-refractivity contribution >= 4 is 0 Å². The zero-order valence-electron chi connectivity index (χ0n) is 11.3. The van der Waals surface area contributed by atoms with Crippen LogP contribution in [0.4, 0.5) is 4.39 Å². The number of halogens is 1. The van der Waals surface area contributed by atoms with Gasteiger partial charge in [0.1, 0.15) is 11.4 Å². The Bertz CT molecular complexity index is 428. The van der Waals surface area contributed by atoms with Gasteiger partial charge in [-0.05, 0) is 39.8 Å². The molecule has 1 aromatic heterocycles. The van der Waals surface area contributed by atoms with Crippen molar-refractivity contribution in [2.45, 2.75) is 38.8 Å². The Morgan fingerprint density at radius 2 is 2.06 bits per heavy atom. The Labute approximate surface area is 108 Å². The molecule has 18 heavy (non-hydrogen) atoms. The van der Waals surface area contributed by atoms with Crippen molar-refractivity contribution < 1.29 is 9.13 Å². The first-order valence-corrected chi connectivity index (χ1v) is 6.44. The van der Waals surface area contributed by atoms with Crippen LogP contribution < -0.4 is 10.1 Å². The Kier molecular flexibility index (Phi) is 3.85. The highest BCUT2D eigenvalue weighted by Gasteiger charge is 2.33. The van der Waals surface area contributed by atoms with Crippen molar-refractivity contribution in [1.29, 1.82) is 0 Å². The van der Waals surface area contributed by atoms with Crippen LogP contribution >= 0.6 is 0 Å². The summed E-state index contributed by atoms with van der Waals surface area (Å²) in [6, 6.07) is 0. The van der Waals surface area contributed by atoms with Gasteiger partial charge in [-0.3, -0.25) is 4.98 Å². The van der Waals surface area contributed by atoms with Crippen molar-refractivity contribution in [1.82, 2.24) is 10.3 Å². The van der Waals surface area contributed by atoms with Gasteiger partial charge in [0.2, 0.25) is 0 Å². The van der Waals surface area contributed by atoms with Gasteiger partial charge in [0.05, 0.1) is 12.8 Å². The summed E-state index contributed by atoms with van der Waals surface area (Å²) >= 11 is 0. The van der Waals surface area contributed by atoms with E-state index in [4.69, 9.17) is 4.74 Å². The van der Waals surface area contributed by atoms with Crippen molar-refractivity contribution in [3.8, 4) is 5.75 Å². The molecule has 0 unspecified atom stereocenters. The van der Waals surface area contributed by atoms with Gasteiger partial charge >= 0.3 is 0 Å². The van der Waals surface area contributed by atoms with Crippen LogP contribution in [0.2, 0.25) is 0 Å². The third-order valence-corrected chi connectivity index (χ3v) is 3.73. The molecule has 1 saturated heterocycles. The average Bonchev–Trinajstić information content (AvgIpc) is 2.34. The number of aryl methyl sites for hydroxylation is 1. The molecule has 0 spiro atoms. The van der Waals surface area contributed by atoms with E-state index < -0.39 is 5.67 Å². The molecule has 0 amide bonds. The summed E-state index contributed by atoms with van der Waals surface area (Å²) < 4.78 is 20.0. The maximum Gasteiger partial charge on any atom is 0.128 e. The van der Waals surface area contributed by atoms with Crippen LogP contribution in [0, 0.1) is 13.8 Å². The summed E-state index contributed by atoms with van der Waals surface area (Å²) in [7, 11) is 1.65. The number of nitrogens with one attached hydrogen (secondary N) is 1. The van der Waals surface area contributed by atoms with E-state index in [1.54, 1.807) is 13.3 Å². The van der Waals surface area contributed by atoms with Crippen molar-refractivity contribution in [3.05, 3.63) is 23.0 Å². The van der Waals surface area contributed by atoms with E-state index in [9.17, 15) is 4.39 Å². The molecule has 1 aliphatic rings. The molecule has 3 nitrogen and oxygen atoms in total. The molecule has 1 fully saturated rings. The van der Waals surface area contributed by atoms with Crippen molar-refractivity contribution in [2.24, 2.45) is 0 Å². The number of nitrogens with zero attached hydrogens (tertiary/aromatic N) is 1. The molecule has 0 bridgehead atoms. The summed E-state index contributed by atoms with van der Waals surface area (Å²) in [4.78, 5) is 4.39. The van der Waals surface area contributed by atoms with Crippen LogP contribution in [-0.4, -0.2) is 30.9 Å². The number of alkyl halides is 1. The zero-order valence-corrected chi connectivity index (χ0v) is 11.3. The van der Waals surface area contributed by atoms with Crippen LogP contribution in [0.5, 0.6) is 5.75 Å². The monoisotopic (exact) mass is 252 g/mol. The fourth-order valence-electron chi connectivity index (χ4n) is 2.60. The average molecular weight is 252 g/mol. The summed E-state index contributed by atoms with van der Waals surface area (Å²) in [5.41, 5.74) is 1.66. The number of methoxy groups -OCH3 is 1. The van der Waals surface area contributed by atoms with E-state index in [1.165, 1.54) is 0 Å². The molecule has 2 rings (SSSR count). The maximum atomic E-state index is 14.7.